The molecule has 20 heavy (non-hydrogen) atoms. The van der Waals surface area contributed by atoms with Crippen LogP contribution in [0.25, 0.3) is 0 Å². The van der Waals surface area contributed by atoms with Gasteiger partial charge in [-0.1, -0.05) is 0 Å². The van der Waals surface area contributed by atoms with Gasteiger partial charge in [-0.15, -0.1) is 11.3 Å². The third-order valence-corrected chi connectivity index (χ3v) is 4.63. The van der Waals surface area contributed by atoms with Crippen LogP contribution in [0.2, 0.25) is 0 Å². The first kappa shape index (κ1) is 15.0. The van der Waals surface area contributed by atoms with Crippen molar-refractivity contribution in [3.8, 4) is 0 Å². The molecule has 2 N–H and O–H groups in total. The van der Waals surface area contributed by atoms with Gasteiger partial charge in [0.25, 0.3) is 0 Å². The van der Waals surface area contributed by atoms with Crippen LogP contribution in [0.1, 0.15) is 29.5 Å². The topological polar surface area (TPSA) is 69.6 Å². The van der Waals surface area contributed by atoms with Gasteiger partial charge in [0.05, 0.1) is 6.42 Å². The highest BCUT2D eigenvalue weighted by molar-refractivity contribution is 7.12. The number of piperidine rings is 1. The zero-order valence-corrected chi connectivity index (χ0v) is 12.4. The number of carboxylic acids is 1. The summed E-state index contributed by atoms with van der Waals surface area (Å²) in [5.41, 5.74) is 0. The van der Waals surface area contributed by atoms with Crippen molar-refractivity contribution in [2.45, 2.75) is 38.8 Å². The molecule has 1 saturated heterocycles. The number of nitrogens with one attached hydrogen (secondary N) is 1. The molecule has 0 unspecified atom stereocenters. The van der Waals surface area contributed by atoms with Crippen molar-refractivity contribution in [3.63, 3.8) is 0 Å². The number of carbonyl (C=O) groups is 2. The maximum Gasteiger partial charge on any atom is 0.308 e. The summed E-state index contributed by atoms with van der Waals surface area (Å²) in [5, 5.41) is 12.2. The summed E-state index contributed by atoms with van der Waals surface area (Å²) in [6.45, 7) is 4.03. The highest BCUT2D eigenvalue weighted by atomic mass is 32.1. The Morgan fingerprint density at radius 2 is 2.00 bits per heavy atom. The second kappa shape index (κ2) is 6.85. The second-order valence-corrected chi connectivity index (χ2v) is 6.35. The van der Waals surface area contributed by atoms with Gasteiger partial charge >= 0.3 is 5.97 Å². The minimum atomic E-state index is -0.789. The Morgan fingerprint density at radius 1 is 1.35 bits per heavy atom. The molecule has 1 aromatic rings. The van der Waals surface area contributed by atoms with E-state index in [9.17, 15) is 9.59 Å². The van der Waals surface area contributed by atoms with Crippen LogP contribution in [0.5, 0.6) is 0 Å². The van der Waals surface area contributed by atoms with Crippen LogP contribution >= 0.6 is 11.3 Å². The molecule has 0 bridgehead atoms. The van der Waals surface area contributed by atoms with Crippen LogP contribution in [-0.4, -0.2) is 41.0 Å². The Bertz CT molecular complexity index is 479. The normalized spacial score (nSPS) is 16.4. The lowest BCUT2D eigenvalue weighted by Gasteiger charge is -2.31. The first-order chi connectivity index (χ1) is 9.54. The van der Waals surface area contributed by atoms with Gasteiger partial charge in [-0.3, -0.25) is 9.59 Å². The molecule has 2 rings (SSSR count). The summed E-state index contributed by atoms with van der Waals surface area (Å²) < 4.78 is 0. The van der Waals surface area contributed by atoms with Crippen molar-refractivity contribution in [2.24, 2.45) is 0 Å². The van der Waals surface area contributed by atoms with Gasteiger partial charge in [0, 0.05) is 42.4 Å². The number of aliphatic carboxylic acids is 1. The minimum Gasteiger partial charge on any atom is -0.481 e. The molecule has 110 valence electrons. The Labute approximate surface area is 122 Å². The molecule has 2 heterocycles. The van der Waals surface area contributed by atoms with E-state index in [1.807, 2.05) is 17.0 Å². The van der Waals surface area contributed by atoms with E-state index in [1.165, 1.54) is 0 Å². The first-order valence-corrected chi connectivity index (χ1v) is 7.64. The van der Waals surface area contributed by atoms with Crippen LogP contribution in [0, 0.1) is 0 Å². The zero-order chi connectivity index (χ0) is 14.5. The monoisotopic (exact) mass is 296 g/mol. The fourth-order valence-electron chi connectivity index (χ4n) is 2.40. The van der Waals surface area contributed by atoms with E-state index in [1.54, 1.807) is 18.3 Å². The van der Waals surface area contributed by atoms with Crippen molar-refractivity contribution in [3.05, 3.63) is 21.9 Å². The lowest BCUT2D eigenvalue weighted by molar-refractivity contribution is -0.136. The van der Waals surface area contributed by atoms with E-state index in [0.29, 0.717) is 6.04 Å². The van der Waals surface area contributed by atoms with Gasteiger partial charge in [-0.25, -0.2) is 0 Å². The number of rotatable bonds is 5. The largest absolute Gasteiger partial charge is 0.481 e. The Balaban J connectivity index is 1.74. The third-order valence-electron chi connectivity index (χ3n) is 3.55. The van der Waals surface area contributed by atoms with Crippen LogP contribution < -0.4 is 5.32 Å². The highest BCUT2D eigenvalue weighted by Gasteiger charge is 2.20. The summed E-state index contributed by atoms with van der Waals surface area (Å²) in [5.74, 6) is -0.636. The molecular weight excluding hydrogens is 276 g/mol. The number of carbonyl (C=O) groups excluding carboxylic acids is 1. The quantitative estimate of drug-likeness (QED) is 0.863. The molecule has 5 nitrogen and oxygen atoms in total. The van der Waals surface area contributed by atoms with Gasteiger partial charge in [0.15, 0.2) is 0 Å². The Kier molecular flexibility index (Phi) is 5.14. The summed E-state index contributed by atoms with van der Waals surface area (Å²) in [6, 6.07) is 4.31. The van der Waals surface area contributed by atoms with Crippen molar-refractivity contribution < 1.29 is 14.7 Å². The standard InChI is InChI=1S/C14H20N2O3S/c1-10(17)16-6-4-11(5-7-16)15-9-13-3-2-12(20-13)8-14(18)19/h2-3,11,15H,4-9H2,1H3,(H,18,19). The van der Waals surface area contributed by atoms with Crippen molar-refractivity contribution in [2.75, 3.05) is 13.1 Å². The maximum absolute atomic E-state index is 11.2. The summed E-state index contributed by atoms with van der Waals surface area (Å²) in [7, 11) is 0. The van der Waals surface area contributed by atoms with Gasteiger partial charge in [0.2, 0.25) is 5.91 Å². The van der Waals surface area contributed by atoms with Crippen molar-refractivity contribution in [1.29, 1.82) is 0 Å². The molecule has 1 amide bonds. The van der Waals surface area contributed by atoms with Crippen molar-refractivity contribution in [1.82, 2.24) is 10.2 Å². The molecule has 0 atom stereocenters. The highest BCUT2D eigenvalue weighted by Crippen LogP contribution is 2.18. The van der Waals surface area contributed by atoms with Gasteiger partial charge in [0.1, 0.15) is 0 Å². The molecule has 0 aromatic carbocycles. The molecule has 1 aliphatic heterocycles. The fourth-order valence-corrected chi connectivity index (χ4v) is 3.36. The van der Waals surface area contributed by atoms with E-state index >= 15 is 0 Å². The van der Waals surface area contributed by atoms with Crippen LogP contribution in [0.3, 0.4) is 0 Å². The van der Waals surface area contributed by atoms with Crippen molar-refractivity contribution >= 4 is 23.2 Å². The molecule has 1 fully saturated rings. The Hall–Kier alpha value is -1.40. The lowest BCUT2D eigenvalue weighted by atomic mass is 10.1. The molecule has 0 radical (unpaired) electrons. The number of likely N-dealkylation sites (tertiary alicyclic amines) is 1. The molecule has 0 spiro atoms. The molecule has 0 saturated carbocycles. The fraction of sp³-hybridized carbons (Fsp3) is 0.571. The van der Waals surface area contributed by atoms with Gasteiger partial charge in [-0.05, 0) is 25.0 Å². The number of thiophene rings is 1. The number of nitrogens with zero attached hydrogens (tertiary/aromatic N) is 1. The Morgan fingerprint density at radius 3 is 2.60 bits per heavy atom. The average molecular weight is 296 g/mol. The minimum absolute atomic E-state index is 0.0989. The molecular formula is C14H20N2O3S. The summed E-state index contributed by atoms with van der Waals surface area (Å²) >= 11 is 1.55. The van der Waals surface area contributed by atoms with Gasteiger partial charge in [-0.2, -0.15) is 0 Å². The number of hydrogen-bond donors (Lipinski definition) is 2. The van der Waals surface area contributed by atoms with Crippen LogP contribution in [-0.2, 0) is 22.6 Å². The predicted octanol–water partition coefficient (Wildman–Crippen LogP) is 1.48. The van der Waals surface area contributed by atoms with E-state index in [0.717, 1.165) is 42.2 Å². The smallest absolute Gasteiger partial charge is 0.308 e. The number of hydrogen-bond acceptors (Lipinski definition) is 4. The summed E-state index contributed by atoms with van der Waals surface area (Å²) in [6.07, 6.45) is 2.06. The van der Waals surface area contributed by atoms with E-state index in [2.05, 4.69) is 5.32 Å². The van der Waals surface area contributed by atoms with E-state index in [-0.39, 0.29) is 12.3 Å². The maximum atomic E-state index is 11.2. The second-order valence-electron chi connectivity index (χ2n) is 5.10. The first-order valence-electron chi connectivity index (χ1n) is 6.83. The molecule has 6 heteroatoms. The number of amides is 1. The SMILES string of the molecule is CC(=O)N1CCC(NCc2ccc(CC(=O)O)s2)CC1. The zero-order valence-electron chi connectivity index (χ0n) is 11.6. The number of carboxylic acid groups (broad SMARTS) is 1. The molecule has 0 aliphatic carbocycles. The predicted molar refractivity (Wildman–Crippen MR) is 77.8 cm³/mol. The average Bonchev–Trinajstić information content (AvgIpc) is 2.83. The van der Waals surface area contributed by atoms with E-state index < -0.39 is 5.97 Å². The van der Waals surface area contributed by atoms with Crippen LogP contribution in [0.4, 0.5) is 0 Å². The summed E-state index contributed by atoms with van der Waals surface area (Å²) in [4.78, 5) is 25.8. The lowest BCUT2D eigenvalue weighted by Crippen LogP contribution is -2.43. The third kappa shape index (κ3) is 4.31. The van der Waals surface area contributed by atoms with Crippen LogP contribution in [0.15, 0.2) is 12.1 Å². The molecule has 1 aromatic heterocycles. The van der Waals surface area contributed by atoms with E-state index in [4.69, 9.17) is 5.11 Å². The molecule has 1 aliphatic rings. The van der Waals surface area contributed by atoms with Gasteiger partial charge < -0.3 is 15.3 Å².